The molecule has 12 aromatic carbocycles. The molecule has 7 aliphatic carbocycles. The van der Waals surface area contributed by atoms with E-state index in [1.807, 2.05) is 0 Å². The van der Waals surface area contributed by atoms with Crippen LogP contribution in [0.25, 0.3) is 143 Å². The Morgan fingerprint density at radius 2 is 0.513 bits per heavy atom. The molecule has 0 bridgehead atoms. The SMILES string of the molecule is CCCCC12c3cc4ccccc4cc3-c3c4c(c5c(c31)/C(=C1/c3cc6ccccc6cc3-c3c1c1c(c6c3-c3ccccc3-6)-c3cc6ccccc6cc3[C@]12CCCC)c1cc2ccccc2cc1-5)-c1ccccc1-4. The molecule has 12 aromatic rings. The average molecular weight is 963 g/mol. The van der Waals surface area contributed by atoms with Crippen molar-refractivity contribution < 1.29 is 0 Å². The number of fused-ring (bicyclic) bond motifs is 29. The Balaban J connectivity index is 1.15. The molecule has 0 nitrogen and oxygen atoms in total. The van der Waals surface area contributed by atoms with Gasteiger partial charge in [0.15, 0.2) is 0 Å². The quantitative estimate of drug-likeness (QED) is 0.156. The zero-order chi connectivity index (χ0) is 49.5. The van der Waals surface area contributed by atoms with E-state index in [2.05, 4.69) is 208 Å². The first-order chi connectivity index (χ1) is 37.6. The second-order valence-corrected chi connectivity index (χ2v) is 23.3. The van der Waals surface area contributed by atoms with Crippen LogP contribution in [0.2, 0.25) is 0 Å². The lowest BCUT2D eigenvalue weighted by atomic mass is 9.48. The maximum absolute atomic E-state index is 2.73. The van der Waals surface area contributed by atoms with E-state index in [0.717, 1.165) is 38.5 Å². The molecule has 0 saturated carbocycles. The molecule has 0 heteroatoms. The van der Waals surface area contributed by atoms with E-state index in [0.29, 0.717) is 0 Å². The lowest BCUT2D eigenvalue weighted by Gasteiger charge is -2.53. The maximum Gasteiger partial charge on any atom is 0.0359 e. The van der Waals surface area contributed by atoms with E-state index < -0.39 is 10.8 Å². The zero-order valence-electron chi connectivity index (χ0n) is 42.7. The third kappa shape index (κ3) is 4.40. The molecule has 1 unspecified atom stereocenters. The van der Waals surface area contributed by atoms with Gasteiger partial charge in [0, 0.05) is 10.8 Å². The van der Waals surface area contributed by atoms with Crippen LogP contribution in [0.5, 0.6) is 0 Å². The number of hydrogen-bond acceptors (Lipinski definition) is 0. The third-order valence-corrected chi connectivity index (χ3v) is 20.2. The summed E-state index contributed by atoms with van der Waals surface area (Å²) in [5.74, 6) is 0. The first-order valence-corrected chi connectivity index (χ1v) is 28.2. The van der Waals surface area contributed by atoms with Gasteiger partial charge in [-0.25, -0.2) is 0 Å². The molecule has 76 heavy (non-hydrogen) atoms. The van der Waals surface area contributed by atoms with Crippen molar-refractivity contribution in [2.24, 2.45) is 0 Å². The van der Waals surface area contributed by atoms with Gasteiger partial charge in [0.1, 0.15) is 0 Å². The summed E-state index contributed by atoms with van der Waals surface area (Å²) in [5.41, 5.74) is 37.1. The molecule has 0 fully saturated rings. The third-order valence-electron chi connectivity index (χ3n) is 20.2. The van der Waals surface area contributed by atoms with Gasteiger partial charge in [-0.2, -0.15) is 0 Å². The van der Waals surface area contributed by atoms with Crippen LogP contribution >= 0.6 is 0 Å². The minimum atomic E-state index is -0.456. The molecule has 0 spiro atoms. The highest BCUT2D eigenvalue weighted by Crippen LogP contribution is 2.80. The molecule has 0 amide bonds. The topological polar surface area (TPSA) is 0 Å². The number of hydrogen-bond donors (Lipinski definition) is 0. The Bertz CT molecular complexity index is 4530. The van der Waals surface area contributed by atoms with Gasteiger partial charge in [0.2, 0.25) is 0 Å². The Labute approximate surface area is 442 Å². The van der Waals surface area contributed by atoms with E-state index in [1.54, 1.807) is 22.3 Å². The molecular weight excluding hydrogens is 913 g/mol. The minimum Gasteiger partial charge on any atom is -0.0654 e. The average Bonchev–Trinajstić information content (AvgIpc) is 4.08. The predicted molar refractivity (Wildman–Crippen MR) is 319 cm³/mol. The van der Waals surface area contributed by atoms with Gasteiger partial charge in [-0.1, -0.05) is 185 Å². The van der Waals surface area contributed by atoms with Crippen LogP contribution in [0.15, 0.2) is 194 Å². The van der Waals surface area contributed by atoms with Crippen molar-refractivity contribution in [1.82, 2.24) is 0 Å². The van der Waals surface area contributed by atoms with E-state index in [1.165, 1.54) is 166 Å². The van der Waals surface area contributed by atoms with Crippen molar-refractivity contribution in [3.05, 3.63) is 239 Å². The molecule has 7 aliphatic rings. The normalized spacial score (nSPS) is 18.9. The van der Waals surface area contributed by atoms with Gasteiger partial charge >= 0.3 is 0 Å². The fourth-order valence-electron chi connectivity index (χ4n) is 17.4. The van der Waals surface area contributed by atoms with Gasteiger partial charge in [-0.3, -0.25) is 0 Å². The van der Waals surface area contributed by atoms with Crippen molar-refractivity contribution in [2.45, 2.75) is 63.2 Å². The monoisotopic (exact) mass is 962 g/mol. The summed E-state index contributed by atoms with van der Waals surface area (Å²) in [6.07, 6.45) is 6.55. The highest BCUT2D eigenvalue weighted by molar-refractivity contribution is 6.32. The number of rotatable bonds is 6. The lowest BCUT2D eigenvalue weighted by Crippen LogP contribution is -2.50. The highest BCUT2D eigenvalue weighted by atomic mass is 14.7. The standard InChI is InChI=1S/C76H50/c1-3-5-31-75-59-39-47-25-13-11-23-45(47)37-57(59)69-63-51-29-17-15-27-49(51)61(63)65-53-33-41-19-7-9-21-43(41)35-55(53)67(71(65)73(69)75)68-56-36-44-22-10-8-20-42(44)34-54(56)66-62-50-28-16-18-30-52(50)64(62)70-58-38-46-24-12-14-26-48(46)40-60(58)76(75,32-6-4-2)74(70)72(66)68/h7-30,33-40H,3-6,31-32H2,1-2H3/b68-67-/t75-,76?/m1/s1. The van der Waals surface area contributed by atoms with Crippen molar-refractivity contribution in [3.8, 4) is 89.0 Å². The number of unbranched alkanes of at least 4 members (excludes halogenated alkanes) is 2. The largest absolute Gasteiger partial charge is 0.0654 e. The Kier molecular flexibility index (Phi) is 7.41. The van der Waals surface area contributed by atoms with Gasteiger partial charge in [-0.05, 0) is 249 Å². The predicted octanol–water partition coefficient (Wildman–Crippen LogP) is 20.5. The van der Waals surface area contributed by atoms with Crippen molar-refractivity contribution in [1.29, 1.82) is 0 Å². The molecule has 0 radical (unpaired) electrons. The summed E-state index contributed by atoms with van der Waals surface area (Å²) in [7, 11) is 0. The Hall–Kier alpha value is -8.58. The van der Waals surface area contributed by atoms with Crippen LogP contribution in [0.1, 0.15) is 96.9 Å². The summed E-state index contributed by atoms with van der Waals surface area (Å²) >= 11 is 0. The van der Waals surface area contributed by atoms with Crippen LogP contribution in [-0.4, -0.2) is 0 Å². The molecule has 0 aromatic heterocycles. The second kappa shape index (κ2) is 13.8. The summed E-state index contributed by atoms with van der Waals surface area (Å²) in [6.45, 7) is 4.89. The van der Waals surface area contributed by atoms with E-state index in [4.69, 9.17) is 0 Å². The Morgan fingerprint density at radius 1 is 0.250 bits per heavy atom. The van der Waals surface area contributed by atoms with Gasteiger partial charge in [-0.15, -0.1) is 0 Å². The molecule has 2 atom stereocenters. The summed E-state index contributed by atoms with van der Waals surface area (Å²) in [4.78, 5) is 0. The van der Waals surface area contributed by atoms with Gasteiger partial charge < -0.3 is 0 Å². The summed E-state index contributed by atoms with van der Waals surface area (Å²) in [6, 6.07) is 77.0. The lowest BCUT2D eigenvalue weighted by molar-refractivity contribution is 0.267. The van der Waals surface area contributed by atoms with Gasteiger partial charge in [0.05, 0.1) is 0 Å². The first kappa shape index (κ1) is 40.8. The van der Waals surface area contributed by atoms with Crippen LogP contribution < -0.4 is 0 Å². The molecular formula is C76H50. The van der Waals surface area contributed by atoms with E-state index in [9.17, 15) is 0 Å². The van der Waals surface area contributed by atoms with E-state index >= 15 is 0 Å². The smallest absolute Gasteiger partial charge is 0.0359 e. The highest BCUT2D eigenvalue weighted by Gasteiger charge is 2.67. The van der Waals surface area contributed by atoms with E-state index in [-0.39, 0.29) is 0 Å². The fourth-order valence-corrected chi connectivity index (χ4v) is 17.4. The minimum absolute atomic E-state index is 0.456. The number of benzene rings is 12. The van der Waals surface area contributed by atoms with Gasteiger partial charge in [0.25, 0.3) is 0 Å². The van der Waals surface area contributed by atoms with Crippen LogP contribution in [0, 0.1) is 0 Å². The molecule has 354 valence electrons. The first-order valence-electron chi connectivity index (χ1n) is 28.2. The van der Waals surface area contributed by atoms with Crippen molar-refractivity contribution >= 4 is 54.2 Å². The van der Waals surface area contributed by atoms with Crippen LogP contribution in [-0.2, 0) is 10.8 Å². The fraction of sp³-hybridized carbons (Fsp3) is 0.132. The van der Waals surface area contributed by atoms with Crippen molar-refractivity contribution in [3.63, 3.8) is 0 Å². The van der Waals surface area contributed by atoms with Crippen molar-refractivity contribution in [2.75, 3.05) is 0 Å². The molecule has 0 N–H and O–H groups in total. The zero-order valence-corrected chi connectivity index (χ0v) is 42.7. The van der Waals surface area contributed by atoms with Crippen LogP contribution in [0.4, 0.5) is 0 Å². The molecule has 0 aliphatic heterocycles. The molecule has 19 rings (SSSR count). The summed E-state index contributed by atoms with van der Waals surface area (Å²) < 4.78 is 0. The van der Waals surface area contributed by atoms with Crippen LogP contribution in [0.3, 0.4) is 0 Å². The Morgan fingerprint density at radius 3 is 0.842 bits per heavy atom. The molecule has 0 heterocycles. The summed E-state index contributed by atoms with van der Waals surface area (Å²) in [5, 5.41) is 10.5. The second-order valence-electron chi connectivity index (χ2n) is 23.3. The maximum atomic E-state index is 2.73. The molecule has 0 saturated heterocycles.